The molecule has 1 unspecified atom stereocenters. The summed E-state index contributed by atoms with van der Waals surface area (Å²) in [6.45, 7) is 3.12. The quantitative estimate of drug-likeness (QED) is 0.919. The number of sulfonamides is 1. The molecule has 2 aromatic rings. The van der Waals surface area contributed by atoms with Crippen LogP contribution in [0.1, 0.15) is 16.8 Å². The van der Waals surface area contributed by atoms with E-state index >= 15 is 0 Å². The van der Waals surface area contributed by atoms with Crippen molar-refractivity contribution >= 4 is 10.0 Å². The van der Waals surface area contributed by atoms with Gasteiger partial charge in [-0.05, 0) is 42.5 Å². The van der Waals surface area contributed by atoms with E-state index < -0.39 is 10.0 Å². The summed E-state index contributed by atoms with van der Waals surface area (Å²) in [6, 6.07) is 7.78. The zero-order valence-corrected chi connectivity index (χ0v) is 13.9. The van der Waals surface area contributed by atoms with Crippen molar-refractivity contribution in [3.63, 3.8) is 0 Å². The van der Waals surface area contributed by atoms with Gasteiger partial charge in [0, 0.05) is 24.3 Å². The third-order valence-electron chi connectivity index (χ3n) is 4.14. The Morgan fingerprint density at radius 1 is 1.43 bits per heavy atom. The Bertz CT molecular complexity index is 893. The number of nitrogens with zero attached hydrogens (tertiary/aromatic N) is 3. The molecule has 1 aliphatic rings. The molecule has 3 rings (SSSR count). The van der Waals surface area contributed by atoms with Gasteiger partial charge >= 0.3 is 0 Å². The van der Waals surface area contributed by atoms with Gasteiger partial charge < -0.3 is 0 Å². The Balaban J connectivity index is 1.84. The molecule has 7 heteroatoms. The lowest BCUT2D eigenvalue weighted by molar-refractivity contribution is 0.477. The molecule has 0 bridgehead atoms. The van der Waals surface area contributed by atoms with E-state index in [1.54, 1.807) is 0 Å². The van der Waals surface area contributed by atoms with Crippen LogP contribution in [0, 0.1) is 24.2 Å². The maximum atomic E-state index is 11.2. The number of nitrogens with one attached hydrogen (secondary N) is 1. The van der Waals surface area contributed by atoms with Gasteiger partial charge in [0.05, 0.1) is 24.1 Å². The van der Waals surface area contributed by atoms with Crippen molar-refractivity contribution in [2.75, 3.05) is 12.8 Å². The number of hydrogen-bond donors (Lipinski definition) is 1. The van der Waals surface area contributed by atoms with Crippen LogP contribution in [-0.2, 0) is 23.0 Å². The van der Waals surface area contributed by atoms with Crippen LogP contribution in [0.15, 0.2) is 24.4 Å². The molecule has 1 atom stereocenters. The van der Waals surface area contributed by atoms with E-state index in [0.29, 0.717) is 18.7 Å². The molecule has 0 saturated heterocycles. The van der Waals surface area contributed by atoms with Crippen LogP contribution in [0.3, 0.4) is 0 Å². The lowest BCUT2D eigenvalue weighted by Crippen LogP contribution is -2.29. The first-order valence-electron chi connectivity index (χ1n) is 7.38. The monoisotopic (exact) mass is 330 g/mol. The molecule has 0 spiro atoms. The highest BCUT2D eigenvalue weighted by atomic mass is 32.2. The molecule has 0 aliphatic carbocycles. The van der Waals surface area contributed by atoms with Crippen LogP contribution in [-0.4, -0.2) is 31.0 Å². The van der Waals surface area contributed by atoms with Gasteiger partial charge in [0.15, 0.2) is 0 Å². The molecule has 1 aliphatic heterocycles. The Morgan fingerprint density at radius 3 is 2.87 bits per heavy atom. The summed E-state index contributed by atoms with van der Waals surface area (Å²) in [6.07, 6.45) is 3.81. The molecule has 2 heterocycles. The van der Waals surface area contributed by atoms with Gasteiger partial charge in [-0.2, -0.15) is 10.4 Å². The SMILES string of the molecule is Cc1cc(C#N)ccc1-c1cnn2c1CC(CNS(C)(=O)=O)C2. The molecule has 23 heavy (non-hydrogen) atoms. The van der Waals surface area contributed by atoms with Crippen molar-refractivity contribution < 1.29 is 8.42 Å². The fraction of sp³-hybridized carbons (Fsp3) is 0.375. The topological polar surface area (TPSA) is 87.8 Å². The van der Waals surface area contributed by atoms with Crippen LogP contribution < -0.4 is 4.72 Å². The fourth-order valence-corrected chi connectivity index (χ4v) is 3.57. The average molecular weight is 330 g/mol. The molecule has 1 aromatic carbocycles. The number of nitriles is 1. The van der Waals surface area contributed by atoms with Gasteiger partial charge in [-0.3, -0.25) is 4.68 Å². The second-order valence-corrected chi connectivity index (χ2v) is 7.85. The molecule has 120 valence electrons. The molecule has 0 radical (unpaired) electrons. The highest BCUT2D eigenvalue weighted by Crippen LogP contribution is 2.32. The minimum Gasteiger partial charge on any atom is -0.269 e. The molecule has 0 saturated carbocycles. The van der Waals surface area contributed by atoms with Crippen LogP contribution in [0.25, 0.3) is 11.1 Å². The summed E-state index contributed by atoms with van der Waals surface area (Å²) in [7, 11) is -3.17. The average Bonchev–Trinajstić information content (AvgIpc) is 3.04. The van der Waals surface area contributed by atoms with Crippen LogP contribution in [0.5, 0.6) is 0 Å². The third kappa shape index (κ3) is 3.28. The van der Waals surface area contributed by atoms with Crippen molar-refractivity contribution in [2.24, 2.45) is 5.92 Å². The minimum absolute atomic E-state index is 0.214. The molecule has 0 fully saturated rings. The maximum absolute atomic E-state index is 11.2. The number of aryl methyl sites for hydroxylation is 1. The Kier molecular flexibility index (Phi) is 3.96. The van der Waals surface area contributed by atoms with Crippen molar-refractivity contribution in [3.8, 4) is 17.2 Å². The van der Waals surface area contributed by atoms with Crippen molar-refractivity contribution in [1.82, 2.24) is 14.5 Å². The van der Waals surface area contributed by atoms with Crippen molar-refractivity contribution in [2.45, 2.75) is 19.9 Å². The minimum atomic E-state index is -3.17. The van der Waals surface area contributed by atoms with E-state index in [2.05, 4.69) is 15.9 Å². The van der Waals surface area contributed by atoms with E-state index in [1.165, 1.54) is 6.26 Å². The summed E-state index contributed by atoms with van der Waals surface area (Å²) in [4.78, 5) is 0. The van der Waals surface area contributed by atoms with Crippen LogP contribution in [0.4, 0.5) is 0 Å². The molecule has 1 aromatic heterocycles. The molecular weight excluding hydrogens is 312 g/mol. The first-order chi connectivity index (χ1) is 10.9. The smallest absolute Gasteiger partial charge is 0.208 e. The van der Waals surface area contributed by atoms with Gasteiger partial charge in [0.1, 0.15) is 0 Å². The first-order valence-corrected chi connectivity index (χ1v) is 9.27. The number of benzene rings is 1. The zero-order chi connectivity index (χ0) is 16.6. The van der Waals surface area contributed by atoms with Gasteiger partial charge in [-0.15, -0.1) is 0 Å². The number of rotatable bonds is 4. The number of aromatic nitrogens is 2. The van der Waals surface area contributed by atoms with Gasteiger partial charge in [-0.1, -0.05) is 6.07 Å². The number of fused-ring (bicyclic) bond motifs is 1. The largest absolute Gasteiger partial charge is 0.269 e. The van der Waals surface area contributed by atoms with Crippen LogP contribution >= 0.6 is 0 Å². The first kappa shape index (κ1) is 15.7. The summed E-state index contributed by atoms with van der Waals surface area (Å²) in [5, 5.41) is 13.4. The highest BCUT2D eigenvalue weighted by Gasteiger charge is 2.26. The second kappa shape index (κ2) is 5.80. The second-order valence-electron chi connectivity index (χ2n) is 6.02. The van der Waals surface area contributed by atoms with E-state index in [9.17, 15) is 8.42 Å². The Labute approximate surface area is 135 Å². The van der Waals surface area contributed by atoms with Crippen molar-refractivity contribution in [1.29, 1.82) is 5.26 Å². The normalized spacial score (nSPS) is 17.0. The molecule has 0 amide bonds. The van der Waals surface area contributed by atoms with Gasteiger partial charge in [-0.25, -0.2) is 13.1 Å². The molecule has 1 N–H and O–H groups in total. The summed E-state index contributed by atoms with van der Waals surface area (Å²) in [5.41, 5.74) is 4.94. The zero-order valence-electron chi connectivity index (χ0n) is 13.1. The number of hydrogen-bond acceptors (Lipinski definition) is 4. The Morgan fingerprint density at radius 2 is 2.22 bits per heavy atom. The van der Waals surface area contributed by atoms with E-state index in [4.69, 9.17) is 5.26 Å². The van der Waals surface area contributed by atoms with E-state index in [1.807, 2.05) is 36.0 Å². The fourth-order valence-electron chi connectivity index (χ4n) is 3.03. The van der Waals surface area contributed by atoms with Gasteiger partial charge in [0.25, 0.3) is 0 Å². The van der Waals surface area contributed by atoms with E-state index in [0.717, 1.165) is 28.8 Å². The van der Waals surface area contributed by atoms with E-state index in [-0.39, 0.29) is 5.92 Å². The lowest BCUT2D eigenvalue weighted by Gasteiger charge is -2.09. The summed E-state index contributed by atoms with van der Waals surface area (Å²) >= 11 is 0. The molecular formula is C16H18N4O2S. The summed E-state index contributed by atoms with van der Waals surface area (Å²) < 4.78 is 27.0. The Hall–Kier alpha value is -2.17. The van der Waals surface area contributed by atoms with Crippen molar-refractivity contribution in [3.05, 3.63) is 41.2 Å². The van der Waals surface area contributed by atoms with Gasteiger partial charge in [0.2, 0.25) is 10.0 Å². The summed E-state index contributed by atoms with van der Waals surface area (Å²) in [5.74, 6) is 0.214. The lowest BCUT2D eigenvalue weighted by atomic mass is 9.97. The standard InChI is InChI=1S/C16H18N4O2S/c1-11-5-12(7-17)3-4-14(11)15-9-18-20-10-13(6-16(15)20)8-19-23(2,21)22/h3-5,9,13,19H,6,8,10H2,1-2H3. The highest BCUT2D eigenvalue weighted by molar-refractivity contribution is 7.88. The third-order valence-corrected chi connectivity index (χ3v) is 4.83. The molecule has 6 nitrogen and oxygen atoms in total. The maximum Gasteiger partial charge on any atom is 0.208 e. The predicted molar refractivity (Wildman–Crippen MR) is 87.2 cm³/mol. The predicted octanol–water partition coefficient (Wildman–Crippen LogP) is 1.45. The van der Waals surface area contributed by atoms with Crippen LogP contribution in [0.2, 0.25) is 0 Å².